The van der Waals surface area contributed by atoms with E-state index in [1.807, 2.05) is 13.1 Å². The fourth-order valence-electron chi connectivity index (χ4n) is 2.14. The van der Waals surface area contributed by atoms with Crippen LogP contribution in [0.1, 0.15) is 30.5 Å². The van der Waals surface area contributed by atoms with Crippen molar-refractivity contribution in [1.82, 2.24) is 4.98 Å². The maximum absolute atomic E-state index is 9.68. The van der Waals surface area contributed by atoms with Crippen molar-refractivity contribution in [3.63, 3.8) is 0 Å². The Bertz CT molecular complexity index is 294. The predicted molar refractivity (Wildman–Crippen MR) is 56.0 cm³/mol. The summed E-state index contributed by atoms with van der Waals surface area (Å²) < 4.78 is 0. The van der Waals surface area contributed by atoms with Gasteiger partial charge in [-0.15, -0.1) is 0 Å². The molecule has 2 unspecified atom stereocenters. The first-order chi connectivity index (χ1) is 6.75. The van der Waals surface area contributed by atoms with Crippen molar-refractivity contribution in [3.05, 3.63) is 29.6 Å². The zero-order chi connectivity index (χ0) is 9.97. The van der Waals surface area contributed by atoms with Gasteiger partial charge in [0.05, 0.1) is 6.10 Å². The first kappa shape index (κ1) is 9.66. The number of hydrogen-bond donors (Lipinski definition) is 1. The van der Waals surface area contributed by atoms with Crippen LogP contribution in [0.3, 0.4) is 0 Å². The Labute approximate surface area is 85.0 Å². The molecule has 1 N–H and O–H groups in total. The molecule has 0 aromatic carbocycles. The van der Waals surface area contributed by atoms with Gasteiger partial charge in [0.2, 0.25) is 0 Å². The van der Waals surface area contributed by atoms with Gasteiger partial charge in [0.15, 0.2) is 0 Å². The van der Waals surface area contributed by atoms with Gasteiger partial charge in [-0.1, -0.05) is 12.5 Å². The number of pyridine rings is 1. The molecular weight excluding hydrogens is 174 g/mol. The van der Waals surface area contributed by atoms with Crippen molar-refractivity contribution in [2.45, 2.75) is 38.7 Å². The molecule has 2 nitrogen and oxygen atoms in total. The highest BCUT2D eigenvalue weighted by Crippen LogP contribution is 2.28. The van der Waals surface area contributed by atoms with E-state index in [9.17, 15) is 5.11 Å². The summed E-state index contributed by atoms with van der Waals surface area (Å²) in [6, 6.07) is 4.16. The molecule has 2 atom stereocenters. The van der Waals surface area contributed by atoms with Gasteiger partial charge in [-0.2, -0.15) is 0 Å². The summed E-state index contributed by atoms with van der Waals surface area (Å²) in [5, 5.41) is 9.68. The lowest BCUT2D eigenvalue weighted by Crippen LogP contribution is -2.16. The minimum Gasteiger partial charge on any atom is -0.393 e. The van der Waals surface area contributed by atoms with Crippen LogP contribution in [0.25, 0.3) is 0 Å². The van der Waals surface area contributed by atoms with Crippen LogP contribution < -0.4 is 0 Å². The monoisotopic (exact) mass is 191 g/mol. The molecule has 1 aromatic heterocycles. The lowest BCUT2D eigenvalue weighted by atomic mass is 9.99. The summed E-state index contributed by atoms with van der Waals surface area (Å²) in [5.74, 6) is 0.435. The molecular formula is C12H17NO. The third-order valence-corrected chi connectivity index (χ3v) is 3.06. The van der Waals surface area contributed by atoms with Crippen molar-refractivity contribution in [2.75, 3.05) is 0 Å². The maximum atomic E-state index is 9.68. The molecule has 0 amide bonds. The molecule has 0 aliphatic heterocycles. The van der Waals surface area contributed by atoms with Crippen molar-refractivity contribution < 1.29 is 5.11 Å². The highest BCUT2D eigenvalue weighted by atomic mass is 16.3. The van der Waals surface area contributed by atoms with Gasteiger partial charge in [-0.3, -0.25) is 4.98 Å². The topological polar surface area (TPSA) is 33.1 Å². The van der Waals surface area contributed by atoms with Gasteiger partial charge in [-0.05, 0) is 43.7 Å². The smallest absolute Gasteiger partial charge is 0.0572 e. The average Bonchev–Trinajstić information content (AvgIpc) is 2.56. The Kier molecular flexibility index (Phi) is 2.82. The van der Waals surface area contributed by atoms with E-state index in [-0.39, 0.29) is 6.10 Å². The summed E-state index contributed by atoms with van der Waals surface area (Å²) in [5.41, 5.74) is 2.31. The minimum absolute atomic E-state index is 0.0990. The van der Waals surface area contributed by atoms with E-state index in [1.165, 1.54) is 5.56 Å². The zero-order valence-electron chi connectivity index (χ0n) is 8.61. The summed E-state index contributed by atoms with van der Waals surface area (Å²) in [6.45, 7) is 2.04. The molecule has 14 heavy (non-hydrogen) atoms. The fraction of sp³-hybridized carbons (Fsp3) is 0.583. The molecule has 2 rings (SSSR count). The van der Waals surface area contributed by atoms with E-state index in [0.717, 1.165) is 31.4 Å². The Balaban J connectivity index is 2.00. The van der Waals surface area contributed by atoms with Crippen LogP contribution in [0, 0.1) is 12.8 Å². The second kappa shape index (κ2) is 4.09. The van der Waals surface area contributed by atoms with Gasteiger partial charge in [0, 0.05) is 11.9 Å². The molecule has 76 valence electrons. The Morgan fingerprint density at radius 1 is 1.43 bits per heavy atom. The first-order valence-electron chi connectivity index (χ1n) is 5.35. The zero-order valence-corrected chi connectivity index (χ0v) is 8.61. The molecule has 2 heteroatoms. The van der Waals surface area contributed by atoms with E-state index in [0.29, 0.717) is 5.92 Å². The van der Waals surface area contributed by atoms with E-state index in [1.54, 1.807) is 0 Å². The summed E-state index contributed by atoms with van der Waals surface area (Å²) in [4.78, 5) is 4.37. The molecule has 1 fully saturated rings. The molecule has 1 aromatic rings. The Hall–Kier alpha value is -0.890. The first-order valence-corrected chi connectivity index (χ1v) is 5.35. The van der Waals surface area contributed by atoms with Gasteiger partial charge < -0.3 is 5.11 Å². The summed E-state index contributed by atoms with van der Waals surface area (Å²) in [7, 11) is 0. The largest absolute Gasteiger partial charge is 0.393 e. The number of nitrogens with zero attached hydrogens (tertiary/aromatic N) is 1. The van der Waals surface area contributed by atoms with Crippen LogP contribution in [0.15, 0.2) is 18.3 Å². The molecule has 1 saturated carbocycles. The lowest BCUT2D eigenvalue weighted by Gasteiger charge is -2.13. The number of aryl methyl sites for hydroxylation is 1. The van der Waals surface area contributed by atoms with Crippen LogP contribution in [0.4, 0.5) is 0 Å². The van der Waals surface area contributed by atoms with Crippen molar-refractivity contribution in [3.8, 4) is 0 Å². The summed E-state index contributed by atoms with van der Waals surface area (Å²) >= 11 is 0. The molecule has 0 radical (unpaired) electrons. The molecule has 0 saturated heterocycles. The van der Waals surface area contributed by atoms with Crippen LogP contribution in [-0.2, 0) is 6.42 Å². The van der Waals surface area contributed by atoms with Crippen molar-refractivity contribution >= 4 is 0 Å². The van der Waals surface area contributed by atoms with E-state index < -0.39 is 0 Å². The Morgan fingerprint density at radius 3 is 2.86 bits per heavy atom. The van der Waals surface area contributed by atoms with E-state index >= 15 is 0 Å². The van der Waals surface area contributed by atoms with Gasteiger partial charge in [-0.25, -0.2) is 0 Å². The lowest BCUT2D eigenvalue weighted by molar-refractivity contribution is 0.132. The van der Waals surface area contributed by atoms with Gasteiger partial charge in [0.1, 0.15) is 0 Å². The Morgan fingerprint density at radius 2 is 2.29 bits per heavy atom. The number of aromatic nitrogens is 1. The number of aliphatic hydroxyl groups is 1. The molecule has 0 bridgehead atoms. The highest BCUT2D eigenvalue weighted by Gasteiger charge is 2.25. The number of rotatable bonds is 2. The summed E-state index contributed by atoms with van der Waals surface area (Å²) in [6.07, 6.45) is 6.02. The second-order valence-electron chi connectivity index (χ2n) is 4.29. The van der Waals surface area contributed by atoms with Crippen LogP contribution in [0.2, 0.25) is 0 Å². The van der Waals surface area contributed by atoms with Crippen LogP contribution in [-0.4, -0.2) is 16.2 Å². The van der Waals surface area contributed by atoms with Crippen molar-refractivity contribution in [1.29, 1.82) is 0 Å². The SMILES string of the molecule is Cc1ccc(CC2CCCC2O)nc1. The molecule has 1 aliphatic carbocycles. The third-order valence-electron chi connectivity index (χ3n) is 3.06. The highest BCUT2D eigenvalue weighted by molar-refractivity contribution is 5.13. The average molecular weight is 191 g/mol. The number of aliphatic hydroxyl groups excluding tert-OH is 1. The van der Waals surface area contributed by atoms with Crippen LogP contribution >= 0.6 is 0 Å². The second-order valence-corrected chi connectivity index (χ2v) is 4.29. The normalized spacial score (nSPS) is 26.7. The van der Waals surface area contributed by atoms with Crippen LogP contribution in [0.5, 0.6) is 0 Å². The molecule has 1 heterocycles. The predicted octanol–water partition coefficient (Wildman–Crippen LogP) is 2.09. The van der Waals surface area contributed by atoms with Gasteiger partial charge >= 0.3 is 0 Å². The fourth-order valence-corrected chi connectivity index (χ4v) is 2.14. The molecule has 0 spiro atoms. The minimum atomic E-state index is -0.0990. The standard InChI is InChI=1S/C12H17NO/c1-9-5-6-11(13-8-9)7-10-3-2-4-12(10)14/h5-6,8,10,12,14H,2-4,7H2,1H3. The molecule has 1 aliphatic rings. The van der Waals surface area contributed by atoms with E-state index in [2.05, 4.69) is 17.1 Å². The number of hydrogen-bond acceptors (Lipinski definition) is 2. The third kappa shape index (κ3) is 2.13. The van der Waals surface area contributed by atoms with E-state index in [4.69, 9.17) is 0 Å². The maximum Gasteiger partial charge on any atom is 0.0572 e. The van der Waals surface area contributed by atoms with Crippen molar-refractivity contribution in [2.24, 2.45) is 5.92 Å². The quantitative estimate of drug-likeness (QED) is 0.776. The van der Waals surface area contributed by atoms with Gasteiger partial charge in [0.25, 0.3) is 0 Å².